The maximum absolute atomic E-state index is 11.9. The molecule has 1 aliphatic heterocycles. The zero-order chi connectivity index (χ0) is 15.4. The van der Waals surface area contributed by atoms with Gasteiger partial charge in [0.1, 0.15) is 0 Å². The van der Waals surface area contributed by atoms with Gasteiger partial charge in [-0.05, 0) is 43.6 Å². The minimum Gasteiger partial charge on any atom is -0.449 e. The number of nitrogens with zero attached hydrogens (tertiary/aromatic N) is 1. The van der Waals surface area contributed by atoms with Crippen molar-refractivity contribution in [2.75, 3.05) is 26.2 Å². The van der Waals surface area contributed by atoms with Crippen molar-refractivity contribution in [2.24, 2.45) is 11.8 Å². The average molecular weight is 305 g/mol. The van der Waals surface area contributed by atoms with Gasteiger partial charge in [0.15, 0.2) is 0 Å². The molecule has 2 fully saturated rings. The number of amides is 2. The third-order valence-corrected chi connectivity index (χ3v) is 4.42. The first kappa shape index (κ1) is 14.9. The molecule has 0 spiro atoms. The molecule has 0 atom stereocenters. The summed E-state index contributed by atoms with van der Waals surface area (Å²) in [5.74, 6) is 0.980. The quantitative estimate of drug-likeness (QED) is 0.874. The molecule has 6 nitrogen and oxygen atoms in total. The molecule has 1 aromatic heterocycles. The molecule has 1 saturated heterocycles. The van der Waals surface area contributed by atoms with Crippen molar-refractivity contribution in [2.45, 2.75) is 25.7 Å². The highest BCUT2D eigenvalue weighted by Crippen LogP contribution is 2.29. The number of hydrogen-bond donors (Lipinski definition) is 2. The summed E-state index contributed by atoms with van der Waals surface area (Å²) in [6.45, 7) is 2.67. The van der Waals surface area contributed by atoms with Crippen LogP contribution in [0.4, 0.5) is 4.79 Å². The molecule has 2 heterocycles. The second kappa shape index (κ2) is 6.85. The summed E-state index contributed by atoms with van der Waals surface area (Å²) in [6.07, 6.45) is 7.44. The van der Waals surface area contributed by atoms with Crippen molar-refractivity contribution in [3.05, 3.63) is 24.0 Å². The van der Waals surface area contributed by atoms with Gasteiger partial charge in [0.2, 0.25) is 0 Å². The number of carbonyl (C=O) groups excluding carboxylic acids is 2. The topological polar surface area (TPSA) is 74.4 Å². The number of hydrogen-bond acceptors (Lipinski definition) is 3. The molecule has 6 heteroatoms. The van der Waals surface area contributed by atoms with E-state index in [1.807, 2.05) is 0 Å². The fraction of sp³-hybridized carbons (Fsp3) is 0.625. The summed E-state index contributed by atoms with van der Waals surface area (Å²) in [7, 11) is 0. The van der Waals surface area contributed by atoms with Crippen LogP contribution in [-0.2, 0) is 4.74 Å². The highest BCUT2D eigenvalue weighted by molar-refractivity contribution is 5.93. The standard InChI is InChI=1S/C16H23N3O3/c20-15(14-3-6-17-10-14)18-9-12-4-7-19(8-5-12)16(21)22-11-13-1-2-13/h3,6,10,12-13,17H,1-2,4-5,7-9,11H2,(H,18,20). The smallest absolute Gasteiger partial charge is 0.409 e. The molecule has 0 bridgehead atoms. The fourth-order valence-corrected chi connectivity index (χ4v) is 2.69. The predicted octanol–water partition coefficient (Wildman–Crippen LogP) is 2.00. The van der Waals surface area contributed by atoms with Crippen LogP contribution in [0.25, 0.3) is 0 Å². The Morgan fingerprint density at radius 1 is 1.23 bits per heavy atom. The Balaban J connectivity index is 1.34. The van der Waals surface area contributed by atoms with Crippen LogP contribution in [-0.4, -0.2) is 48.1 Å². The molecule has 0 unspecified atom stereocenters. The number of likely N-dealkylation sites (tertiary alicyclic amines) is 1. The van der Waals surface area contributed by atoms with E-state index >= 15 is 0 Å². The Hall–Kier alpha value is -1.98. The van der Waals surface area contributed by atoms with E-state index in [1.54, 1.807) is 23.4 Å². The van der Waals surface area contributed by atoms with Crippen molar-refractivity contribution in [3.8, 4) is 0 Å². The molecule has 0 radical (unpaired) electrons. The van der Waals surface area contributed by atoms with E-state index in [0.717, 1.165) is 12.8 Å². The highest BCUT2D eigenvalue weighted by atomic mass is 16.6. The third kappa shape index (κ3) is 4.02. The molecule has 3 rings (SSSR count). The second-order valence-corrected chi connectivity index (χ2v) is 6.26. The maximum atomic E-state index is 11.9. The first-order valence-corrected chi connectivity index (χ1v) is 8.05. The minimum absolute atomic E-state index is 0.0486. The lowest BCUT2D eigenvalue weighted by atomic mass is 9.97. The first-order valence-electron chi connectivity index (χ1n) is 8.05. The Bertz CT molecular complexity index is 503. The predicted molar refractivity (Wildman–Crippen MR) is 81.5 cm³/mol. The Morgan fingerprint density at radius 2 is 2.00 bits per heavy atom. The van der Waals surface area contributed by atoms with Crippen molar-refractivity contribution in [1.29, 1.82) is 0 Å². The zero-order valence-electron chi connectivity index (χ0n) is 12.7. The monoisotopic (exact) mass is 305 g/mol. The molecule has 120 valence electrons. The molecule has 0 aromatic carbocycles. The molecule has 2 aliphatic rings. The highest BCUT2D eigenvalue weighted by Gasteiger charge is 2.27. The van der Waals surface area contributed by atoms with Gasteiger partial charge in [-0.15, -0.1) is 0 Å². The summed E-state index contributed by atoms with van der Waals surface area (Å²) >= 11 is 0. The number of aromatic amines is 1. The van der Waals surface area contributed by atoms with Gasteiger partial charge in [-0.3, -0.25) is 4.79 Å². The van der Waals surface area contributed by atoms with Crippen molar-refractivity contribution in [3.63, 3.8) is 0 Å². The number of nitrogens with one attached hydrogen (secondary N) is 2. The largest absolute Gasteiger partial charge is 0.449 e. The van der Waals surface area contributed by atoms with Gasteiger partial charge in [-0.2, -0.15) is 0 Å². The summed E-state index contributed by atoms with van der Waals surface area (Å²) in [5, 5.41) is 2.95. The maximum Gasteiger partial charge on any atom is 0.409 e. The number of piperidine rings is 1. The lowest BCUT2D eigenvalue weighted by Crippen LogP contribution is -2.41. The van der Waals surface area contributed by atoms with Crippen LogP contribution in [0.3, 0.4) is 0 Å². The number of aromatic nitrogens is 1. The van der Waals surface area contributed by atoms with E-state index in [9.17, 15) is 9.59 Å². The lowest BCUT2D eigenvalue weighted by molar-refractivity contribution is 0.0816. The second-order valence-electron chi connectivity index (χ2n) is 6.26. The Kier molecular flexibility index (Phi) is 4.65. The van der Waals surface area contributed by atoms with E-state index in [-0.39, 0.29) is 12.0 Å². The number of H-pyrrole nitrogens is 1. The van der Waals surface area contributed by atoms with Crippen LogP contribution in [0, 0.1) is 11.8 Å². The van der Waals surface area contributed by atoms with E-state index < -0.39 is 0 Å². The van der Waals surface area contributed by atoms with Gasteiger partial charge >= 0.3 is 6.09 Å². The number of rotatable bonds is 5. The van der Waals surface area contributed by atoms with Gasteiger partial charge < -0.3 is 19.9 Å². The molecule has 1 saturated carbocycles. The fourth-order valence-electron chi connectivity index (χ4n) is 2.69. The van der Waals surface area contributed by atoms with Crippen molar-refractivity contribution in [1.82, 2.24) is 15.2 Å². The van der Waals surface area contributed by atoms with Crippen LogP contribution in [0.2, 0.25) is 0 Å². The van der Waals surface area contributed by atoms with E-state index in [0.29, 0.717) is 43.6 Å². The van der Waals surface area contributed by atoms with Crippen LogP contribution in [0.1, 0.15) is 36.0 Å². The van der Waals surface area contributed by atoms with Crippen LogP contribution >= 0.6 is 0 Å². The van der Waals surface area contributed by atoms with E-state index in [2.05, 4.69) is 10.3 Å². The summed E-state index contributed by atoms with van der Waals surface area (Å²) in [6, 6.07) is 1.76. The van der Waals surface area contributed by atoms with E-state index in [4.69, 9.17) is 4.74 Å². The number of ether oxygens (including phenoxy) is 1. The Labute approximate surface area is 130 Å². The summed E-state index contributed by atoms with van der Waals surface area (Å²) < 4.78 is 5.30. The minimum atomic E-state index is -0.179. The average Bonchev–Trinajstić information content (AvgIpc) is 3.22. The molecule has 1 aromatic rings. The molecule has 1 aliphatic carbocycles. The molecule has 22 heavy (non-hydrogen) atoms. The van der Waals surface area contributed by atoms with Crippen LogP contribution in [0.15, 0.2) is 18.5 Å². The van der Waals surface area contributed by atoms with Crippen molar-refractivity contribution >= 4 is 12.0 Å². The summed E-state index contributed by atoms with van der Waals surface area (Å²) in [5.41, 5.74) is 0.654. The van der Waals surface area contributed by atoms with E-state index in [1.165, 1.54) is 12.8 Å². The van der Waals surface area contributed by atoms with Crippen molar-refractivity contribution < 1.29 is 14.3 Å². The van der Waals surface area contributed by atoms with Crippen LogP contribution in [0.5, 0.6) is 0 Å². The lowest BCUT2D eigenvalue weighted by Gasteiger charge is -2.31. The van der Waals surface area contributed by atoms with Gasteiger partial charge in [0, 0.05) is 32.0 Å². The first-order chi connectivity index (χ1) is 10.7. The van der Waals surface area contributed by atoms with Gasteiger partial charge in [-0.25, -0.2) is 4.79 Å². The third-order valence-electron chi connectivity index (χ3n) is 4.42. The van der Waals surface area contributed by atoms with Gasteiger partial charge in [-0.1, -0.05) is 0 Å². The normalized spacial score (nSPS) is 19.0. The molecule has 2 N–H and O–H groups in total. The number of carbonyl (C=O) groups is 2. The molecular weight excluding hydrogens is 282 g/mol. The zero-order valence-corrected chi connectivity index (χ0v) is 12.7. The molecule has 2 amide bonds. The SMILES string of the molecule is O=C(NCC1CCN(C(=O)OCC2CC2)CC1)c1cc[nH]c1. The van der Waals surface area contributed by atoms with Gasteiger partial charge in [0.05, 0.1) is 12.2 Å². The van der Waals surface area contributed by atoms with Crippen LogP contribution < -0.4 is 5.32 Å². The summed E-state index contributed by atoms with van der Waals surface area (Å²) in [4.78, 5) is 28.4. The Morgan fingerprint density at radius 3 is 2.64 bits per heavy atom. The molecular formula is C16H23N3O3. The van der Waals surface area contributed by atoms with Gasteiger partial charge in [0.25, 0.3) is 5.91 Å².